The summed E-state index contributed by atoms with van der Waals surface area (Å²) < 4.78 is 12.1. The Bertz CT molecular complexity index is 1860. The molecule has 0 spiro atoms. The predicted molar refractivity (Wildman–Crippen MR) is 151 cm³/mol. The fraction of sp³-hybridized carbons (Fsp3) is 0.0645. The van der Waals surface area contributed by atoms with Gasteiger partial charge in [-0.3, -0.25) is 4.79 Å². The molecule has 184 valence electrons. The van der Waals surface area contributed by atoms with Crippen LogP contribution in [0.4, 0.5) is 5.69 Å². The van der Waals surface area contributed by atoms with Gasteiger partial charge in [-0.05, 0) is 79.2 Å². The van der Waals surface area contributed by atoms with Crippen molar-refractivity contribution in [3.8, 4) is 33.3 Å². The van der Waals surface area contributed by atoms with Gasteiger partial charge in [0.05, 0.1) is 27.0 Å². The van der Waals surface area contributed by atoms with Crippen LogP contribution in [0.2, 0.25) is 0 Å². The average Bonchev–Trinajstić information content (AvgIpc) is 3.59. The molecule has 1 aliphatic rings. The Hall–Kier alpha value is -4.75. The van der Waals surface area contributed by atoms with Gasteiger partial charge < -0.3 is 14.8 Å². The molecule has 0 aliphatic carbocycles. The highest BCUT2D eigenvalue weighted by molar-refractivity contribution is 7.21. The number of ether oxygens (including phenoxy) is 2. The molecule has 3 heterocycles. The number of rotatable bonds is 4. The van der Waals surface area contributed by atoms with Crippen molar-refractivity contribution >= 4 is 44.1 Å². The monoisotopic (exact) mass is 515 g/mol. The molecular formula is C31H21N3O3S. The molecule has 4 aromatic carbocycles. The average molecular weight is 516 g/mol. The summed E-state index contributed by atoms with van der Waals surface area (Å²) in [7, 11) is 0. The minimum Gasteiger partial charge on any atom is -0.454 e. The lowest BCUT2D eigenvalue weighted by molar-refractivity contribution is 0.102. The highest BCUT2D eigenvalue weighted by Gasteiger charge is 2.18. The quantitative estimate of drug-likeness (QED) is 0.264. The largest absolute Gasteiger partial charge is 0.454 e. The van der Waals surface area contributed by atoms with Crippen molar-refractivity contribution in [2.24, 2.45) is 0 Å². The van der Waals surface area contributed by atoms with Gasteiger partial charge in [0, 0.05) is 22.2 Å². The summed E-state index contributed by atoms with van der Waals surface area (Å²) in [5.41, 5.74) is 6.77. The van der Waals surface area contributed by atoms with Gasteiger partial charge in [0.2, 0.25) is 6.79 Å². The molecule has 0 saturated carbocycles. The van der Waals surface area contributed by atoms with Crippen LogP contribution in [0.5, 0.6) is 11.5 Å². The third-order valence-corrected chi connectivity index (χ3v) is 7.63. The van der Waals surface area contributed by atoms with Gasteiger partial charge in [0.1, 0.15) is 5.01 Å². The molecule has 0 unspecified atom stereocenters. The number of anilines is 1. The lowest BCUT2D eigenvalue weighted by Gasteiger charge is -2.11. The zero-order chi connectivity index (χ0) is 25.6. The van der Waals surface area contributed by atoms with Crippen molar-refractivity contribution < 1.29 is 14.3 Å². The molecule has 0 atom stereocenters. The van der Waals surface area contributed by atoms with Crippen LogP contribution >= 0.6 is 11.3 Å². The summed E-state index contributed by atoms with van der Waals surface area (Å²) in [5.74, 6) is 1.18. The van der Waals surface area contributed by atoms with Crippen molar-refractivity contribution in [2.75, 3.05) is 12.1 Å². The first-order chi connectivity index (χ1) is 18.6. The van der Waals surface area contributed by atoms with E-state index in [2.05, 4.69) is 30.4 Å². The molecule has 1 N–H and O–H groups in total. The van der Waals surface area contributed by atoms with E-state index in [1.165, 1.54) is 10.3 Å². The predicted octanol–water partition coefficient (Wildman–Crippen LogP) is 7.47. The number of amides is 1. The summed E-state index contributed by atoms with van der Waals surface area (Å²) in [6.45, 7) is 2.29. The zero-order valence-electron chi connectivity index (χ0n) is 20.4. The van der Waals surface area contributed by atoms with Gasteiger partial charge in [0.25, 0.3) is 5.91 Å². The van der Waals surface area contributed by atoms with E-state index in [-0.39, 0.29) is 12.7 Å². The number of aromatic nitrogens is 2. The lowest BCUT2D eigenvalue weighted by atomic mass is 10.0. The van der Waals surface area contributed by atoms with Crippen LogP contribution in [0.15, 0.2) is 91.0 Å². The maximum Gasteiger partial charge on any atom is 0.256 e. The van der Waals surface area contributed by atoms with E-state index < -0.39 is 0 Å². The second-order valence-electron chi connectivity index (χ2n) is 9.16. The number of aryl methyl sites for hydroxylation is 1. The molecule has 6 aromatic rings. The third kappa shape index (κ3) is 4.03. The summed E-state index contributed by atoms with van der Waals surface area (Å²) in [5, 5.41) is 4.80. The normalized spacial score (nSPS) is 12.2. The van der Waals surface area contributed by atoms with Gasteiger partial charge in [-0.2, -0.15) is 0 Å². The van der Waals surface area contributed by atoms with Gasteiger partial charge >= 0.3 is 0 Å². The van der Waals surface area contributed by atoms with E-state index in [0.29, 0.717) is 28.4 Å². The second-order valence-corrected chi connectivity index (χ2v) is 10.2. The van der Waals surface area contributed by atoms with E-state index in [1.54, 1.807) is 11.3 Å². The molecule has 0 bridgehead atoms. The third-order valence-electron chi connectivity index (χ3n) is 6.56. The van der Waals surface area contributed by atoms with E-state index in [0.717, 1.165) is 32.6 Å². The summed E-state index contributed by atoms with van der Waals surface area (Å²) in [4.78, 5) is 23.1. The number of nitrogens with zero attached hydrogens (tertiary/aromatic N) is 2. The molecule has 2 aromatic heterocycles. The number of pyridine rings is 1. The Morgan fingerprint density at radius 2 is 1.63 bits per heavy atom. The van der Waals surface area contributed by atoms with Crippen LogP contribution in [0, 0.1) is 6.92 Å². The molecule has 0 saturated heterocycles. The van der Waals surface area contributed by atoms with E-state index in [9.17, 15) is 4.79 Å². The van der Waals surface area contributed by atoms with Crippen LogP contribution in [-0.2, 0) is 0 Å². The molecule has 6 nitrogen and oxygen atoms in total. The summed E-state index contributed by atoms with van der Waals surface area (Å²) in [6.07, 6.45) is 0. The molecule has 7 heteroatoms. The van der Waals surface area contributed by atoms with Crippen molar-refractivity contribution in [3.63, 3.8) is 0 Å². The van der Waals surface area contributed by atoms with Crippen molar-refractivity contribution in [1.82, 2.24) is 9.97 Å². The first-order valence-corrected chi connectivity index (χ1v) is 13.0. The van der Waals surface area contributed by atoms with Crippen molar-refractivity contribution in [2.45, 2.75) is 6.92 Å². The molecule has 7 rings (SSSR count). The Kier molecular flexibility index (Phi) is 5.30. The number of carbonyl (C=O) groups excluding carboxylic acids is 1. The number of benzene rings is 4. The van der Waals surface area contributed by atoms with Gasteiger partial charge in [0.15, 0.2) is 11.5 Å². The van der Waals surface area contributed by atoms with Gasteiger partial charge in [-0.15, -0.1) is 11.3 Å². The van der Waals surface area contributed by atoms with Crippen LogP contribution in [0.3, 0.4) is 0 Å². The maximum absolute atomic E-state index is 13.5. The first kappa shape index (κ1) is 22.4. The molecule has 0 radical (unpaired) electrons. The number of thiazole rings is 1. The molecule has 0 fully saturated rings. The minimum absolute atomic E-state index is 0.200. The fourth-order valence-corrected chi connectivity index (χ4v) is 5.69. The Balaban J connectivity index is 1.19. The number of hydrogen-bond donors (Lipinski definition) is 1. The topological polar surface area (TPSA) is 73.3 Å². The fourth-order valence-electron chi connectivity index (χ4n) is 4.62. The van der Waals surface area contributed by atoms with E-state index in [1.807, 2.05) is 72.8 Å². The Morgan fingerprint density at radius 3 is 2.53 bits per heavy atom. The standard InChI is InChI=1S/C31H21N3O3S/c1-18-6-12-25-29(14-18)38-31(34-25)19-7-10-21(11-8-19)32-30(35)23-16-26(33-24-5-3-2-4-22(23)24)20-9-13-27-28(15-20)37-17-36-27/h2-16H,17H2,1H3,(H,32,35). The summed E-state index contributed by atoms with van der Waals surface area (Å²) >= 11 is 1.67. The molecule has 38 heavy (non-hydrogen) atoms. The SMILES string of the molecule is Cc1ccc2nc(-c3ccc(NC(=O)c4cc(-c5ccc6c(c5)OCO6)nc5ccccc45)cc3)sc2c1. The number of nitrogens with one attached hydrogen (secondary N) is 1. The highest BCUT2D eigenvalue weighted by Crippen LogP contribution is 2.36. The van der Waals surface area contributed by atoms with Gasteiger partial charge in [-0.1, -0.05) is 24.3 Å². The minimum atomic E-state index is -0.200. The Labute approximate surface area is 222 Å². The summed E-state index contributed by atoms with van der Waals surface area (Å²) in [6, 6.07) is 29.2. The molecule has 1 amide bonds. The zero-order valence-corrected chi connectivity index (χ0v) is 21.2. The Morgan fingerprint density at radius 1 is 0.816 bits per heavy atom. The van der Waals surface area contributed by atoms with Crippen molar-refractivity contribution in [3.05, 3.63) is 102 Å². The van der Waals surface area contributed by atoms with E-state index in [4.69, 9.17) is 19.4 Å². The van der Waals surface area contributed by atoms with Crippen LogP contribution < -0.4 is 14.8 Å². The first-order valence-electron chi connectivity index (χ1n) is 12.2. The highest BCUT2D eigenvalue weighted by atomic mass is 32.1. The number of carbonyl (C=O) groups is 1. The lowest BCUT2D eigenvalue weighted by Crippen LogP contribution is -2.13. The maximum atomic E-state index is 13.5. The molecular weight excluding hydrogens is 494 g/mol. The number of para-hydroxylation sites is 1. The van der Waals surface area contributed by atoms with Crippen LogP contribution in [-0.4, -0.2) is 22.7 Å². The molecule has 1 aliphatic heterocycles. The van der Waals surface area contributed by atoms with Crippen LogP contribution in [0.25, 0.3) is 42.9 Å². The second kappa shape index (κ2) is 8.97. The number of fused-ring (bicyclic) bond motifs is 3. The van der Waals surface area contributed by atoms with Crippen LogP contribution in [0.1, 0.15) is 15.9 Å². The van der Waals surface area contributed by atoms with Gasteiger partial charge in [-0.25, -0.2) is 9.97 Å². The van der Waals surface area contributed by atoms with Crippen molar-refractivity contribution in [1.29, 1.82) is 0 Å². The van der Waals surface area contributed by atoms with E-state index >= 15 is 0 Å². The smallest absolute Gasteiger partial charge is 0.256 e. The number of hydrogen-bond acceptors (Lipinski definition) is 6.